The summed E-state index contributed by atoms with van der Waals surface area (Å²) in [4.78, 5) is 17.7. The van der Waals surface area contributed by atoms with E-state index < -0.39 is 0 Å². The molecule has 1 N–H and O–H groups in total. The van der Waals surface area contributed by atoms with Gasteiger partial charge in [-0.05, 0) is 49.2 Å². The van der Waals surface area contributed by atoms with E-state index >= 15 is 0 Å². The van der Waals surface area contributed by atoms with E-state index in [0.29, 0.717) is 18.0 Å². The molecule has 6 heteroatoms. The highest BCUT2D eigenvalue weighted by Gasteiger charge is 2.19. The average molecular weight is 444 g/mol. The minimum absolute atomic E-state index is 0.0797. The van der Waals surface area contributed by atoms with Crippen molar-refractivity contribution in [2.75, 3.05) is 14.2 Å². The summed E-state index contributed by atoms with van der Waals surface area (Å²) in [5.41, 5.74) is 5.24. The summed E-state index contributed by atoms with van der Waals surface area (Å²) in [6.07, 6.45) is 0.239. The van der Waals surface area contributed by atoms with Crippen molar-refractivity contribution < 1.29 is 14.3 Å². The molecule has 1 heterocycles. The Kier molecular flexibility index (Phi) is 6.63. The van der Waals surface area contributed by atoms with Crippen LogP contribution in [0.25, 0.3) is 11.0 Å². The Labute approximate surface area is 194 Å². The third-order valence-electron chi connectivity index (χ3n) is 5.68. The monoisotopic (exact) mass is 443 g/mol. The highest BCUT2D eigenvalue weighted by atomic mass is 16.5. The molecule has 0 bridgehead atoms. The standard InChI is InChI=1S/C27H29N3O3/c1-18-8-7-9-21(14-18)17-30-23-11-6-5-10-22(23)29-27(30)19(2)28-26(31)16-20-12-13-24(32-3)25(15-20)33-4/h5-15,19H,16-17H2,1-4H3,(H,28,31). The number of aryl methyl sites for hydroxylation is 1. The van der Waals surface area contributed by atoms with Gasteiger partial charge >= 0.3 is 0 Å². The number of amides is 1. The van der Waals surface area contributed by atoms with Crippen LogP contribution in [0.1, 0.15) is 35.5 Å². The van der Waals surface area contributed by atoms with Gasteiger partial charge in [0.15, 0.2) is 11.5 Å². The zero-order chi connectivity index (χ0) is 23.4. The number of nitrogens with one attached hydrogen (secondary N) is 1. The maximum atomic E-state index is 12.9. The van der Waals surface area contributed by atoms with Crippen LogP contribution in [0, 0.1) is 6.92 Å². The summed E-state index contributed by atoms with van der Waals surface area (Å²) in [7, 11) is 3.18. The van der Waals surface area contributed by atoms with Crippen LogP contribution >= 0.6 is 0 Å². The Morgan fingerprint density at radius 2 is 1.76 bits per heavy atom. The molecular formula is C27H29N3O3. The first-order valence-electron chi connectivity index (χ1n) is 11.0. The maximum Gasteiger partial charge on any atom is 0.224 e. The molecule has 1 unspecified atom stereocenters. The SMILES string of the molecule is COc1ccc(CC(=O)NC(C)c2nc3ccccc3n2Cc2cccc(C)c2)cc1OC. The summed E-state index contributed by atoms with van der Waals surface area (Å²) in [6.45, 7) is 4.75. The first kappa shape index (κ1) is 22.4. The fourth-order valence-corrected chi connectivity index (χ4v) is 4.12. The summed E-state index contributed by atoms with van der Waals surface area (Å²) < 4.78 is 12.8. The highest BCUT2D eigenvalue weighted by molar-refractivity contribution is 5.80. The van der Waals surface area contributed by atoms with Crippen molar-refractivity contribution in [2.24, 2.45) is 0 Å². The van der Waals surface area contributed by atoms with Gasteiger partial charge in [0.1, 0.15) is 5.82 Å². The van der Waals surface area contributed by atoms with E-state index in [-0.39, 0.29) is 18.4 Å². The molecule has 0 fully saturated rings. The number of carbonyl (C=O) groups is 1. The second-order valence-corrected chi connectivity index (χ2v) is 8.19. The lowest BCUT2D eigenvalue weighted by atomic mass is 10.1. The van der Waals surface area contributed by atoms with Gasteiger partial charge in [0, 0.05) is 6.54 Å². The van der Waals surface area contributed by atoms with Gasteiger partial charge in [-0.3, -0.25) is 4.79 Å². The van der Waals surface area contributed by atoms with Crippen molar-refractivity contribution >= 4 is 16.9 Å². The number of carbonyl (C=O) groups excluding carboxylic acids is 1. The quantitative estimate of drug-likeness (QED) is 0.424. The molecule has 0 radical (unpaired) electrons. The molecule has 0 spiro atoms. The van der Waals surface area contributed by atoms with Crippen LogP contribution in [-0.2, 0) is 17.8 Å². The number of hydrogen-bond donors (Lipinski definition) is 1. The Morgan fingerprint density at radius 1 is 0.970 bits per heavy atom. The largest absolute Gasteiger partial charge is 0.493 e. The van der Waals surface area contributed by atoms with E-state index in [1.807, 2.05) is 43.3 Å². The predicted molar refractivity (Wildman–Crippen MR) is 130 cm³/mol. The Bertz CT molecular complexity index is 1280. The zero-order valence-electron chi connectivity index (χ0n) is 19.5. The molecule has 0 aliphatic heterocycles. The third kappa shape index (κ3) is 5.00. The third-order valence-corrected chi connectivity index (χ3v) is 5.68. The molecule has 0 saturated heterocycles. The van der Waals surface area contributed by atoms with Gasteiger partial charge in [-0.25, -0.2) is 4.98 Å². The van der Waals surface area contributed by atoms with Crippen molar-refractivity contribution in [3.05, 3.63) is 89.2 Å². The number of nitrogens with zero attached hydrogens (tertiary/aromatic N) is 2. The van der Waals surface area contributed by atoms with E-state index in [0.717, 1.165) is 22.4 Å². The topological polar surface area (TPSA) is 65.4 Å². The number of methoxy groups -OCH3 is 2. The molecule has 33 heavy (non-hydrogen) atoms. The van der Waals surface area contributed by atoms with Crippen molar-refractivity contribution in [1.29, 1.82) is 0 Å². The molecule has 1 atom stereocenters. The van der Waals surface area contributed by atoms with Crippen molar-refractivity contribution in [2.45, 2.75) is 32.9 Å². The Morgan fingerprint density at radius 3 is 2.52 bits per heavy atom. The lowest BCUT2D eigenvalue weighted by Crippen LogP contribution is -2.30. The smallest absolute Gasteiger partial charge is 0.224 e. The number of rotatable bonds is 8. The van der Waals surface area contributed by atoms with E-state index in [9.17, 15) is 4.79 Å². The van der Waals surface area contributed by atoms with E-state index in [4.69, 9.17) is 14.5 Å². The van der Waals surface area contributed by atoms with Gasteiger partial charge in [0.2, 0.25) is 5.91 Å². The second-order valence-electron chi connectivity index (χ2n) is 8.19. The van der Waals surface area contributed by atoms with E-state index in [1.54, 1.807) is 14.2 Å². The summed E-state index contributed by atoms with van der Waals surface area (Å²) in [6, 6.07) is 21.8. The number of fused-ring (bicyclic) bond motifs is 1. The lowest BCUT2D eigenvalue weighted by Gasteiger charge is -2.17. The molecule has 0 aliphatic rings. The molecule has 1 aromatic heterocycles. The van der Waals surface area contributed by atoms with Gasteiger partial charge in [0.05, 0.1) is 37.7 Å². The molecule has 0 aliphatic carbocycles. The van der Waals surface area contributed by atoms with Crippen LogP contribution in [0.4, 0.5) is 0 Å². The average Bonchev–Trinajstić information content (AvgIpc) is 3.17. The van der Waals surface area contributed by atoms with Crippen LogP contribution in [0.5, 0.6) is 11.5 Å². The minimum Gasteiger partial charge on any atom is -0.493 e. The number of ether oxygens (including phenoxy) is 2. The molecule has 1 amide bonds. The molecule has 0 saturated carbocycles. The molecule has 170 valence electrons. The number of para-hydroxylation sites is 2. The lowest BCUT2D eigenvalue weighted by molar-refractivity contribution is -0.121. The first-order valence-corrected chi connectivity index (χ1v) is 11.0. The Hall–Kier alpha value is -3.80. The Balaban J connectivity index is 1.56. The van der Waals surface area contributed by atoms with Gasteiger partial charge < -0.3 is 19.4 Å². The number of aromatic nitrogens is 2. The zero-order valence-corrected chi connectivity index (χ0v) is 19.5. The molecule has 4 rings (SSSR count). The van der Waals surface area contributed by atoms with Crippen LogP contribution in [-0.4, -0.2) is 29.7 Å². The number of imidazole rings is 1. The van der Waals surface area contributed by atoms with Crippen molar-refractivity contribution in [3.63, 3.8) is 0 Å². The van der Waals surface area contributed by atoms with Crippen molar-refractivity contribution in [1.82, 2.24) is 14.9 Å². The minimum atomic E-state index is -0.255. The fourth-order valence-electron chi connectivity index (χ4n) is 4.12. The van der Waals surface area contributed by atoms with Gasteiger partial charge in [-0.1, -0.05) is 48.0 Å². The summed E-state index contributed by atoms with van der Waals surface area (Å²) in [5.74, 6) is 2.00. The van der Waals surface area contributed by atoms with Gasteiger partial charge in [-0.15, -0.1) is 0 Å². The molecule has 6 nitrogen and oxygen atoms in total. The van der Waals surface area contributed by atoms with Crippen LogP contribution < -0.4 is 14.8 Å². The summed E-state index contributed by atoms with van der Waals surface area (Å²) >= 11 is 0. The van der Waals surface area contributed by atoms with Crippen molar-refractivity contribution in [3.8, 4) is 11.5 Å². The summed E-state index contributed by atoms with van der Waals surface area (Å²) in [5, 5.41) is 3.11. The highest BCUT2D eigenvalue weighted by Crippen LogP contribution is 2.28. The molecule has 3 aromatic carbocycles. The second kappa shape index (κ2) is 9.77. The van der Waals surface area contributed by atoms with Gasteiger partial charge in [0.25, 0.3) is 0 Å². The van der Waals surface area contributed by atoms with Crippen LogP contribution in [0.3, 0.4) is 0 Å². The first-order chi connectivity index (χ1) is 16.0. The van der Waals surface area contributed by atoms with E-state index in [1.165, 1.54) is 11.1 Å². The van der Waals surface area contributed by atoms with E-state index in [2.05, 4.69) is 47.1 Å². The predicted octanol–water partition coefficient (Wildman–Crippen LogP) is 4.83. The molecular weight excluding hydrogens is 414 g/mol. The fraction of sp³-hybridized carbons (Fsp3) is 0.259. The molecule has 4 aromatic rings. The van der Waals surface area contributed by atoms with Gasteiger partial charge in [-0.2, -0.15) is 0 Å². The number of benzene rings is 3. The normalized spacial score (nSPS) is 11.9. The van der Waals surface area contributed by atoms with Crippen LogP contribution in [0.2, 0.25) is 0 Å². The van der Waals surface area contributed by atoms with Crippen LogP contribution in [0.15, 0.2) is 66.7 Å². The maximum absolute atomic E-state index is 12.9. The number of hydrogen-bond acceptors (Lipinski definition) is 4.